The number of halogens is 1. The number of alkyl halides is 1. The van der Waals surface area contributed by atoms with E-state index in [1.54, 1.807) is 12.1 Å². The van der Waals surface area contributed by atoms with Crippen molar-refractivity contribution in [3.8, 4) is 0 Å². The van der Waals surface area contributed by atoms with Crippen LogP contribution in [0, 0.1) is 10.1 Å². The summed E-state index contributed by atoms with van der Waals surface area (Å²) < 4.78 is 0. The maximum absolute atomic E-state index is 10.3. The molecule has 0 N–H and O–H groups in total. The van der Waals surface area contributed by atoms with Crippen LogP contribution in [0.2, 0.25) is 0 Å². The summed E-state index contributed by atoms with van der Waals surface area (Å²) in [6.45, 7) is 2.06. The van der Waals surface area contributed by atoms with Crippen molar-refractivity contribution in [1.29, 1.82) is 0 Å². The average molecular weight is 244 g/mol. The van der Waals surface area contributed by atoms with Crippen LogP contribution in [0.1, 0.15) is 23.7 Å². The van der Waals surface area contributed by atoms with Crippen LogP contribution in [0.15, 0.2) is 24.3 Å². The Labute approximate surface area is 85.0 Å². The van der Waals surface area contributed by atoms with Crippen molar-refractivity contribution in [2.75, 3.05) is 0 Å². The molecule has 1 atom stereocenters. The number of hydrogen-bond donors (Lipinski definition) is 0. The Bertz CT molecular complexity index is 297. The Morgan fingerprint density at radius 1 is 1.46 bits per heavy atom. The van der Waals surface area contributed by atoms with Crippen molar-refractivity contribution in [2.24, 2.45) is 0 Å². The van der Waals surface area contributed by atoms with E-state index >= 15 is 0 Å². The molecule has 1 unspecified atom stereocenters. The summed E-state index contributed by atoms with van der Waals surface area (Å²) in [5.74, 6) is 0. The summed E-state index contributed by atoms with van der Waals surface area (Å²) >= 11 is 3.48. The van der Waals surface area contributed by atoms with E-state index in [-0.39, 0.29) is 15.4 Å². The second kappa shape index (κ2) is 4.37. The van der Waals surface area contributed by atoms with E-state index in [1.807, 2.05) is 0 Å². The molecule has 1 rings (SSSR count). The largest absolute Gasteiger partial charge is 0.269 e. The van der Waals surface area contributed by atoms with Gasteiger partial charge in [-0.05, 0) is 12.0 Å². The second-order valence-electron chi connectivity index (χ2n) is 2.72. The van der Waals surface area contributed by atoms with Crippen molar-refractivity contribution in [3.05, 3.63) is 39.9 Å². The van der Waals surface area contributed by atoms with Crippen molar-refractivity contribution in [3.63, 3.8) is 0 Å². The molecule has 4 heteroatoms. The number of nitro groups is 1. The van der Waals surface area contributed by atoms with Crippen LogP contribution < -0.4 is 0 Å². The molecule has 0 spiro atoms. The van der Waals surface area contributed by atoms with Crippen LogP contribution in [-0.4, -0.2) is 4.92 Å². The molecular formula is C9H10BrNO2. The Balaban J connectivity index is 2.87. The minimum absolute atomic E-state index is 0.138. The molecule has 0 fully saturated rings. The van der Waals surface area contributed by atoms with Gasteiger partial charge < -0.3 is 0 Å². The van der Waals surface area contributed by atoms with Crippen LogP contribution in [0.5, 0.6) is 0 Å². The lowest BCUT2D eigenvalue weighted by atomic mass is 10.1. The molecule has 0 radical (unpaired) electrons. The van der Waals surface area contributed by atoms with Gasteiger partial charge in [-0.1, -0.05) is 35.0 Å². The minimum Gasteiger partial charge on any atom is -0.258 e. The lowest BCUT2D eigenvalue weighted by molar-refractivity contribution is -0.384. The molecule has 0 aliphatic carbocycles. The SMILES string of the molecule is CCC(Br)c1ccc([N+](=O)[O-])cc1. The third-order valence-electron chi connectivity index (χ3n) is 1.82. The van der Waals surface area contributed by atoms with Crippen molar-refractivity contribution >= 4 is 21.6 Å². The maximum atomic E-state index is 10.3. The van der Waals surface area contributed by atoms with Gasteiger partial charge in [-0.25, -0.2) is 0 Å². The monoisotopic (exact) mass is 243 g/mol. The highest BCUT2D eigenvalue weighted by atomic mass is 79.9. The minimum atomic E-state index is -0.390. The first-order valence-corrected chi connectivity index (χ1v) is 4.95. The van der Waals surface area contributed by atoms with Gasteiger partial charge >= 0.3 is 0 Å². The molecule has 0 aliphatic heterocycles. The fourth-order valence-electron chi connectivity index (χ4n) is 1.04. The van der Waals surface area contributed by atoms with E-state index in [9.17, 15) is 10.1 Å². The predicted molar refractivity (Wildman–Crippen MR) is 55.1 cm³/mol. The molecule has 0 heterocycles. The van der Waals surface area contributed by atoms with Crippen molar-refractivity contribution < 1.29 is 4.92 Å². The van der Waals surface area contributed by atoms with Crippen LogP contribution in [-0.2, 0) is 0 Å². The third-order valence-corrected chi connectivity index (χ3v) is 3.00. The topological polar surface area (TPSA) is 43.1 Å². The molecule has 0 saturated heterocycles. The first kappa shape index (κ1) is 10.2. The van der Waals surface area contributed by atoms with Gasteiger partial charge in [0.1, 0.15) is 0 Å². The number of non-ortho nitro benzene ring substituents is 1. The molecular weight excluding hydrogens is 234 g/mol. The zero-order valence-electron chi connectivity index (χ0n) is 7.24. The van der Waals surface area contributed by atoms with Gasteiger partial charge in [-0.3, -0.25) is 10.1 Å². The van der Waals surface area contributed by atoms with Crippen molar-refractivity contribution in [1.82, 2.24) is 0 Å². The molecule has 0 aliphatic rings. The third kappa shape index (κ3) is 2.52. The zero-order chi connectivity index (χ0) is 9.84. The fraction of sp³-hybridized carbons (Fsp3) is 0.333. The van der Waals surface area contributed by atoms with E-state index < -0.39 is 0 Å². The van der Waals surface area contributed by atoms with Gasteiger partial charge in [-0.2, -0.15) is 0 Å². The van der Waals surface area contributed by atoms with Gasteiger partial charge in [0, 0.05) is 17.0 Å². The maximum Gasteiger partial charge on any atom is 0.269 e. The molecule has 0 bridgehead atoms. The summed E-state index contributed by atoms with van der Waals surface area (Å²) in [6, 6.07) is 6.61. The second-order valence-corrected chi connectivity index (χ2v) is 3.83. The van der Waals surface area contributed by atoms with Crippen LogP contribution in [0.25, 0.3) is 0 Å². The average Bonchev–Trinajstić information content (AvgIpc) is 2.17. The summed E-state index contributed by atoms with van der Waals surface area (Å²) in [6.07, 6.45) is 0.970. The van der Waals surface area contributed by atoms with Crippen LogP contribution >= 0.6 is 15.9 Å². The summed E-state index contributed by atoms with van der Waals surface area (Å²) in [4.78, 5) is 10.2. The van der Waals surface area contributed by atoms with Gasteiger partial charge in [0.25, 0.3) is 5.69 Å². The van der Waals surface area contributed by atoms with E-state index in [2.05, 4.69) is 22.9 Å². The molecule has 1 aromatic rings. The first-order valence-electron chi connectivity index (χ1n) is 4.03. The Hall–Kier alpha value is -0.900. The smallest absolute Gasteiger partial charge is 0.258 e. The number of nitrogens with zero attached hydrogens (tertiary/aromatic N) is 1. The number of hydrogen-bond acceptors (Lipinski definition) is 2. The Kier molecular flexibility index (Phi) is 3.42. The highest BCUT2D eigenvalue weighted by molar-refractivity contribution is 9.09. The van der Waals surface area contributed by atoms with Gasteiger partial charge in [0.05, 0.1) is 4.92 Å². The van der Waals surface area contributed by atoms with Crippen LogP contribution in [0.4, 0.5) is 5.69 Å². The van der Waals surface area contributed by atoms with Crippen molar-refractivity contribution in [2.45, 2.75) is 18.2 Å². The molecule has 70 valence electrons. The highest BCUT2D eigenvalue weighted by Crippen LogP contribution is 2.27. The lowest BCUT2D eigenvalue weighted by Gasteiger charge is -2.05. The van der Waals surface area contributed by atoms with E-state index in [4.69, 9.17) is 0 Å². The molecule has 0 aromatic heterocycles. The normalized spacial score (nSPS) is 12.5. The molecule has 0 saturated carbocycles. The summed E-state index contributed by atoms with van der Waals surface area (Å²) in [5.41, 5.74) is 1.22. The molecule has 13 heavy (non-hydrogen) atoms. The summed E-state index contributed by atoms with van der Waals surface area (Å²) in [7, 11) is 0. The molecule has 1 aromatic carbocycles. The number of rotatable bonds is 3. The van der Waals surface area contributed by atoms with Crippen LogP contribution in [0.3, 0.4) is 0 Å². The quantitative estimate of drug-likeness (QED) is 0.464. The predicted octanol–water partition coefficient (Wildman–Crippen LogP) is 3.44. The van der Waals surface area contributed by atoms with Gasteiger partial charge in [0.2, 0.25) is 0 Å². The Morgan fingerprint density at radius 2 is 2.00 bits per heavy atom. The summed E-state index contributed by atoms with van der Waals surface area (Å²) in [5, 5.41) is 10.3. The van der Waals surface area contributed by atoms with E-state index in [0.717, 1.165) is 12.0 Å². The molecule has 3 nitrogen and oxygen atoms in total. The van der Waals surface area contributed by atoms with E-state index in [1.165, 1.54) is 12.1 Å². The number of nitro benzene ring substituents is 1. The standard InChI is InChI=1S/C9H10BrNO2/c1-2-9(10)7-3-5-8(6-4-7)11(12)13/h3-6,9H,2H2,1H3. The zero-order valence-corrected chi connectivity index (χ0v) is 8.82. The van der Waals surface area contributed by atoms with Gasteiger partial charge in [0.15, 0.2) is 0 Å². The highest BCUT2D eigenvalue weighted by Gasteiger charge is 2.07. The van der Waals surface area contributed by atoms with E-state index in [0.29, 0.717) is 0 Å². The number of benzene rings is 1. The lowest BCUT2D eigenvalue weighted by Crippen LogP contribution is -1.90. The Morgan fingerprint density at radius 3 is 2.38 bits per heavy atom. The first-order chi connectivity index (χ1) is 6.15. The van der Waals surface area contributed by atoms with Gasteiger partial charge in [-0.15, -0.1) is 0 Å². The fourth-order valence-corrected chi connectivity index (χ4v) is 1.35. The molecule has 0 amide bonds.